The average molecular weight is 457 g/mol. The topological polar surface area (TPSA) is 49.9 Å². The van der Waals surface area contributed by atoms with Gasteiger partial charge in [-0.15, -0.1) is 0 Å². The molecule has 0 aliphatic carbocycles. The van der Waals surface area contributed by atoms with Crippen LogP contribution in [-0.4, -0.2) is 25.0 Å². The van der Waals surface area contributed by atoms with E-state index < -0.39 is 0 Å². The first-order valence-electron chi connectivity index (χ1n) is 12.0. The second kappa shape index (κ2) is 10.6. The molecule has 3 aromatic rings. The van der Waals surface area contributed by atoms with E-state index in [1.54, 1.807) is 13.2 Å². The predicted octanol–water partition coefficient (Wildman–Crippen LogP) is 6.40. The predicted molar refractivity (Wildman–Crippen MR) is 137 cm³/mol. The lowest BCUT2D eigenvalue weighted by Crippen LogP contribution is -2.47. The first-order chi connectivity index (χ1) is 16.5. The molecule has 2 amide bonds. The van der Waals surface area contributed by atoms with Gasteiger partial charge < -0.3 is 14.5 Å². The number of hydrogen-bond donors (Lipinski definition) is 0. The van der Waals surface area contributed by atoms with Crippen LogP contribution in [0.5, 0.6) is 5.75 Å². The number of ether oxygens (including phenoxy) is 1. The number of methoxy groups -OCH3 is 1. The number of carbonyl (C=O) groups is 2. The number of rotatable bonds is 7. The van der Waals surface area contributed by atoms with Gasteiger partial charge in [0.15, 0.2) is 0 Å². The molecule has 4 rings (SSSR count). The van der Waals surface area contributed by atoms with Gasteiger partial charge in [0, 0.05) is 29.4 Å². The lowest BCUT2D eigenvalue weighted by atomic mass is 9.89. The number of benzene rings is 3. The van der Waals surface area contributed by atoms with Crippen LogP contribution in [0.4, 0.5) is 11.4 Å². The monoisotopic (exact) mass is 456 g/mol. The number of anilines is 2. The van der Waals surface area contributed by atoms with Gasteiger partial charge in [0.2, 0.25) is 5.91 Å². The van der Waals surface area contributed by atoms with Crippen molar-refractivity contribution in [3.63, 3.8) is 0 Å². The fourth-order valence-corrected chi connectivity index (χ4v) is 4.78. The zero-order valence-corrected chi connectivity index (χ0v) is 20.1. The minimum absolute atomic E-state index is 0.0337. The molecule has 176 valence electrons. The number of amides is 2. The van der Waals surface area contributed by atoms with Crippen LogP contribution in [0.3, 0.4) is 0 Å². The molecule has 0 aromatic heterocycles. The van der Waals surface area contributed by atoms with Gasteiger partial charge in [0.05, 0.1) is 13.2 Å². The van der Waals surface area contributed by atoms with Gasteiger partial charge in [-0.25, -0.2) is 0 Å². The Balaban J connectivity index is 1.80. The second-order valence-electron chi connectivity index (χ2n) is 8.77. The van der Waals surface area contributed by atoms with Gasteiger partial charge in [-0.1, -0.05) is 55.8 Å². The van der Waals surface area contributed by atoms with Crippen LogP contribution < -0.4 is 14.5 Å². The first-order valence-corrected chi connectivity index (χ1v) is 12.0. The minimum atomic E-state index is -0.206. The van der Waals surface area contributed by atoms with E-state index in [4.69, 9.17) is 4.74 Å². The fraction of sp³-hybridized carbons (Fsp3) is 0.310. The third kappa shape index (κ3) is 4.69. The van der Waals surface area contributed by atoms with Crippen molar-refractivity contribution in [2.45, 2.75) is 51.6 Å². The van der Waals surface area contributed by atoms with Crippen molar-refractivity contribution in [1.29, 1.82) is 0 Å². The van der Waals surface area contributed by atoms with Crippen LogP contribution in [0.15, 0.2) is 78.9 Å². The summed E-state index contributed by atoms with van der Waals surface area (Å²) in [5, 5.41) is 0. The van der Waals surface area contributed by atoms with Gasteiger partial charge in [-0.2, -0.15) is 0 Å². The highest BCUT2D eigenvalue weighted by molar-refractivity contribution is 6.07. The van der Waals surface area contributed by atoms with Gasteiger partial charge in [0.25, 0.3) is 5.91 Å². The summed E-state index contributed by atoms with van der Waals surface area (Å²) in [6.45, 7) is 4.17. The van der Waals surface area contributed by atoms with E-state index >= 15 is 0 Å². The molecular formula is C29H32N2O3. The van der Waals surface area contributed by atoms with Crippen molar-refractivity contribution < 1.29 is 14.3 Å². The number of carbonyl (C=O) groups excluding carboxylic acids is 2. The quantitative estimate of drug-likeness (QED) is 0.413. The third-order valence-corrected chi connectivity index (χ3v) is 6.45. The molecule has 0 saturated heterocycles. The van der Waals surface area contributed by atoms with Crippen molar-refractivity contribution >= 4 is 23.2 Å². The summed E-state index contributed by atoms with van der Waals surface area (Å²) in [6, 6.07) is 24.8. The van der Waals surface area contributed by atoms with E-state index in [2.05, 4.69) is 13.8 Å². The molecule has 0 bridgehead atoms. The normalized spacial score (nSPS) is 17.1. The fourth-order valence-electron chi connectivity index (χ4n) is 4.78. The third-order valence-electron chi connectivity index (χ3n) is 6.45. The molecule has 0 unspecified atom stereocenters. The van der Waals surface area contributed by atoms with Gasteiger partial charge in [-0.05, 0) is 61.7 Å². The van der Waals surface area contributed by atoms with Crippen molar-refractivity contribution in [2.24, 2.45) is 0 Å². The highest BCUT2D eigenvalue weighted by atomic mass is 16.5. The summed E-state index contributed by atoms with van der Waals surface area (Å²) in [5.41, 5.74) is 3.28. The van der Waals surface area contributed by atoms with Gasteiger partial charge in [0.1, 0.15) is 5.75 Å². The molecular weight excluding hydrogens is 424 g/mol. The summed E-state index contributed by atoms with van der Waals surface area (Å²) in [7, 11) is 1.60. The molecule has 0 N–H and O–H groups in total. The molecule has 0 fully saturated rings. The molecule has 0 saturated carbocycles. The van der Waals surface area contributed by atoms with E-state index in [0.29, 0.717) is 24.2 Å². The van der Waals surface area contributed by atoms with E-state index in [-0.39, 0.29) is 23.9 Å². The standard InChI is InChI=1S/C29H32N2O3/c1-4-5-18-28(32)30-21(2)19-27(25-16-9-10-17-26(25)30)31(23-13-7-6-8-14-23)29(33)22-12-11-15-24(20-22)34-3/h6-17,20-21,27H,4-5,18-19H2,1-3H3/t21-,27-/m1/s1. The van der Waals surface area contributed by atoms with Crippen LogP contribution in [0.1, 0.15) is 61.5 Å². The van der Waals surface area contributed by atoms with E-state index in [9.17, 15) is 9.59 Å². The Morgan fingerprint density at radius 1 is 1.00 bits per heavy atom. The number of para-hydroxylation sites is 2. The summed E-state index contributed by atoms with van der Waals surface area (Å²) >= 11 is 0. The number of nitrogens with zero attached hydrogens (tertiary/aromatic N) is 2. The summed E-state index contributed by atoms with van der Waals surface area (Å²) in [4.78, 5) is 30.9. The van der Waals surface area contributed by atoms with Crippen LogP contribution >= 0.6 is 0 Å². The number of fused-ring (bicyclic) bond motifs is 1. The molecule has 0 spiro atoms. The van der Waals surface area contributed by atoms with Crippen molar-refractivity contribution in [1.82, 2.24) is 0 Å². The van der Waals surface area contributed by atoms with Gasteiger partial charge >= 0.3 is 0 Å². The molecule has 3 aromatic carbocycles. The lowest BCUT2D eigenvalue weighted by Gasteiger charge is -2.43. The maximum atomic E-state index is 14.0. The highest BCUT2D eigenvalue weighted by Crippen LogP contribution is 2.43. The Hall–Kier alpha value is -3.60. The Morgan fingerprint density at radius 3 is 2.47 bits per heavy atom. The van der Waals surface area contributed by atoms with Crippen LogP contribution in [0.2, 0.25) is 0 Å². The number of unbranched alkanes of at least 4 members (excludes halogenated alkanes) is 1. The van der Waals surface area contributed by atoms with Gasteiger partial charge in [-0.3, -0.25) is 9.59 Å². The van der Waals surface area contributed by atoms with E-state index in [1.807, 2.05) is 82.6 Å². The van der Waals surface area contributed by atoms with Crippen LogP contribution in [0.25, 0.3) is 0 Å². The van der Waals surface area contributed by atoms with Crippen LogP contribution in [-0.2, 0) is 4.79 Å². The SMILES string of the molecule is CCCCC(=O)N1c2ccccc2[C@H](N(C(=O)c2cccc(OC)c2)c2ccccc2)C[C@H]1C. The Kier molecular flexibility index (Phi) is 7.31. The maximum absolute atomic E-state index is 14.0. The maximum Gasteiger partial charge on any atom is 0.258 e. The second-order valence-corrected chi connectivity index (χ2v) is 8.77. The minimum Gasteiger partial charge on any atom is -0.497 e. The Morgan fingerprint density at radius 2 is 1.74 bits per heavy atom. The number of hydrogen-bond acceptors (Lipinski definition) is 3. The molecule has 2 atom stereocenters. The summed E-state index contributed by atoms with van der Waals surface area (Å²) < 4.78 is 5.37. The first kappa shape index (κ1) is 23.6. The zero-order chi connectivity index (χ0) is 24.1. The van der Waals surface area contributed by atoms with E-state index in [1.165, 1.54) is 0 Å². The lowest BCUT2D eigenvalue weighted by molar-refractivity contribution is -0.119. The van der Waals surface area contributed by atoms with Crippen molar-refractivity contribution in [3.05, 3.63) is 90.0 Å². The zero-order valence-electron chi connectivity index (χ0n) is 20.1. The van der Waals surface area contributed by atoms with E-state index in [0.717, 1.165) is 29.8 Å². The molecule has 34 heavy (non-hydrogen) atoms. The molecule has 1 heterocycles. The molecule has 0 radical (unpaired) electrons. The highest BCUT2D eigenvalue weighted by Gasteiger charge is 2.38. The molecule has 1 aliphatic heterocycles. The van der Waals surface area contributed by atoms with Crippen molar-refractivity contribution in [3.8, 4) is 5.75 Å². The molecule has 1 aliphatic rings. The summed E-state index contributed by atoms with van der Waals surface area (Å²) in [5.74, 6) is 0.692. The van der Waals surface area contributed by atoms with Crippen molar-refractivity contribution in [2.75, 3.05) is 16.9 Å². The average Bonchev–Trinajstić information content (AvgIpc) is 2.88. The smallest absolute Gasteiger partial charge is 0.258 e. The molecule has 5 nitrogen and oxygen atoms in total. The summed E-state index contributed by atoms with van der Waals surface area (Å²) in [6.07, 6.45) is 3.04. The Bertz CT molecular complexity index is 1140. The van der Waals surface area contributed by atoms with Crippen LogP contribution in [0, 0.1) is 0 Å². The Labute approximate surface area is 202 Å². The largest absolute Gasteiger partial charge is 0.497 e. The molecule has 5 heteroatoms.